The normalized spacial score (nSPS) is 13.5. The van der Waals surface area contributed by atoms with Crippen molar-refractivity contribution in [2.75, 3.05) is 0 Å². The first-order chi connectivity index (χ1) is 5.06. The van der Waals surface area contributed by atoms with Gasteiger partial charge in [-0.2, -0.15) is 0 Å². The van der Waals surface area contributed by atoms with Crippen molar-refractivity contribution in [2.45, 2.75) is 34.1 Å². The average Bonchev–Trinajstić information content (AvgIpc) is 1.85. The van der Waals surface area contributed by atoms with Crippen LogP contribution in [0.3, 0.4) is 0 Å². The molecule has 0 aromatic heterocycles. The Balaban J connectivity index is 4.26. The molecule has 0 aromatic rings. The Labute approximate surface area is 70.3 Å². The lowest BCUT2D eigenvalue weighted by atomic mass is 10.1. The summed E-state index contributed by atoms with van der Waals surface area (Å²) in [4.78, 5) is 0. The Bertz CT molecular complexity index is 192. The number of hydrogen-bond donors (Lipinski definition) is 0. The van der Waals surface area contributed by atoms with E-state index in [-0.39, 0.29) is 0 Å². The Morgan fingerprint density at radius 1 is 1.18 bits per heavy atom. The second-order valence-corrected chi connectivity index (χ2v) is 3.08. The minimum absolute atomic E-state index is 1.11. The Morgan fingerprint density at radius 3 is 2.09 bits per heavy atom. The molecule has 0 N–H and O–H groups in total. The van der Waals surface area contributed by atoms with Gasteiger partial charge in [-0.3, -0.25) is 0 Å². The van der Waals surface area contributed by atoms with Crippen LogP contribution < -0.4 is 0 Å². The van der Waals surface area contributed by atoms with Crippen molar-refractivity contribution >= 4 is 0 Å². The SMILES string of the molecule is C=C(C)/C=C(C)\C=C(/C)CC. The second-order valence-electron chi connectivity index (χ2n) is 3.08. The van der Waals surface area contributed by atoms with Gasteiger partial charge < -0.3 is 0 Å². The highest BCUT2D eigenvalue weighted by Gasteiger charge is 1.85. The van der Waals surface area contributed by atoms with Gasteiger partial charge >= 0.3 is 0 Å². The molecule has 0 aliphatic carbocycles. The third kappa shape index (κ3) is 5.65. The summed E-state index contributed by atoms with van der Waals surface area (Å²) >= 11 is 0. The van der Waals surface area contributed by atoms with E-state index in [9.17, 15) is 0 Å². The third-order valence-electron chi connectivity index (χ3n) is 1.51. The topological polar surface area (TPSA) is 0 Å². The molecule has 0 unspecified atom stereocenters. The van der Waals surface area contributed by atoms with Crippen molar-refractivity contribution in [1.82, 2.24) is 0 Å². The fraction of sp³-hybridized carbons (Fsp3) is 0.455. The minimum atomic E-state index is 1.11. The Morgan fingerprint density at radius 2 is 1.73 bits per heavy atom. The van der Waals surface area contributed by atoms with E-state index in [1.54, 1.807) is 0 Å². The molecule has 0 aliphatic rings. The fourth-order valence-electron chi connectivity index (χ4n) is 0.921. The van der Waals surface area contributed by atoms with Gasteiger partial charge in [0.2, 0.25) is 0 Å². The number of hydrogen-bond acceptors (Lipinski definition) is 0. The molecule has 0 radical (unpaired) electrons. The molecule has 0 fully saturated rings. The van der Waals surface area contributed by atoms with Crippen molar-refractivity contribution in [3.63, 3.8) is 0 Å². The van der Waals surface area contributed by atoms with Crippen molar-refractivity contribution in [3.8, 4) is 0 Å². The van der Waals surface area contributed by atoms with Gasteiger partial charge in [0.1, 0.15) is 0 Å². The zero-order valence-corrected chi connectivity index (χ0v) is 8.07. The minimum Gasteiger partial charge on any atom is -0.0961 e. The molecule has 0 aliphatic heterocycles. The van der Waals surface area contributed by atoms with Crippen LogP contribution in [0, 0.1) is 0 Å². The van der Waals surface area contributed by atoms with E-state index in [1.165, 1.54) is 11.1 Å². The summed E-state index contributed by atoms with van der Waals surface area (Å²) in [6.07, 6.45) is 5.43. The van der Waals surface area contributed by atoms with Gasteiger partial charge in [-0.05, 0) is 27.2 Å². The number of allylic oxidation sites excluding steroid dienone is 5. The van der Waals surface area contributed by atoms with Crippen LogP contribution in [0.2, 0.25) is 0 Å². The maximum absolute atomic E-state index is 3.82. The lowest BCUT2D eigenvalue weighted by Crippen LogP contribution is -1.75. The van der Waals surface area contributed by atoms with Gasteiger partial charge in [0.25, 0.3) is 0 Å². The average molecular weight is 150 g/mol. The predicted octanol–water partition coefficient (Wildman–Crippen LogP) is 3.87. The van der Waals surface area contributed by atoms with Crippen molar-refractivity contribution < 1.29 is 0 Å². The largest absolute Gasteiger partial charge is 0.0961 e. The van der Waals surface area contributed by atoms with Gasteiger partial charge in [-0.1, -0.05) is 42.4 Å². The van der Waals surface area contributed by atoms with Gasteiger partial charge in [0.15, 0.2) is 0 Å². The molecule has 0 heterocycles. The molecule has 0 saturated heterocycles. The van der Waals surface area contributed by atoms with Crippen LogP contribution in [0.15, 0.2) is 35.5 Å². The van der Waals surface area contributed by atoms with Crippen LogP contribution in [0.4, 0.5) is 0 Å². The summed E-state index contributed by atoms with van der Waals surface area (Å²) in [6, 6.07) is 0. The molecule has 62 valence electrons. The summed E-state index contributed by atoms with van der Waals surface area (Å²) in [7, 11) is 0. The van der Waals surface area contributed by atoms with Crippen molar-refractivity contribution in [3.05, 3.63) is 35.5 Å². The first-order valence-electron chi connectivity index (χ1n) is 4.07. The van der Waals surface area contributed by atoms with E-state index < -0.39 is 0 Å². The molecule has 11 heavy (non-hydrogen) atoms. The highest BCUT2D eigenvalue weighted by Crippen LogP contribution is 2.06. The summed E-state index contributed by atoms with van der Waals surface area (Å²) in [5.74, 6) is 0. The molecular weight excluding hydrogens is 132 g/mol. The Kier molecular flexibility index (Phi) is 4.60. The molecule has 0 rings (SSSR count). The van der Waals surface area contributed by atoms with E-state index in [0.29, 0.717) is 0 Å². The summed E-state index contributed by atoms with van der Waals surface area (Å²) in [5.41, 5.74) is 3.82. The molecule has 0 atom stereocenters. The van der Waals surface area contributed by atoms with E-state index in [4.69, 9.17) is 0 Å². The molecule has 0 saturated carbocycles. The quantitative estimate of drug-likeness (QED) is 0.536. The Hall–Kier alpha value is -0.780. The van der Waals surface area contributed by atoms with Gasteiger partial charge in [0.05, 0.1) is 0 Å². The smallest absolute Gasteiger partial charge is 0.0348 e. The van der Waals surface area contributed by atoms with Crippen LogP contribution >= 0.6 is 0 Å². The standard InChI is InChI=1S/C11H18/c1-6-10(4)8-11(5)7-9(2)3/h7-8H,2,6H2,1,3-5H3/b10-8+,11-7-. The van der Waals surface area contributed by atoms with Crippen LogP contribution in [0.25, 0.3) is 0 Å². The zero-order valence-electron chi connectivity index (χ0n) is 8.07. The highest BCUT2D eigenvalue weighted by atomic mass is 13.9. The van der Waals surface area contributed by atoms with E-state index in [2.05, 4.69) is 39.5 Å². The van der Waals surface area contributed by atoms with E-state index in [1.807, 2.05) is 6.92 Å². The third-order valence-corrected chi connectivity index (χ3v) is 1.51. The molecule has 0 aromatic carbocycles. The maximum atomic E-state index is 3.82. The summed E-state index contributed by atoms with van der Waals surface area (Å²) < 4.78 is 0. The van der Waals surface area contributed by atoms with Crippen LogP contribution in [0.1, 0.15) is 34.1 Å². The van der Waals surface area contributed by atoms with Gasteiger partial charge in [-0.15, -0.1) is 0 Å². The second kappa shape index (κ2) is 4.95. The monoisotopic (exact) mass is 150 g/mol. The molecule has 0 spiro atoms. The highest BCUT2D eigenvalue weighted by molar-refractivity contribution is 5.27. The molecule has 0 bridgehead atoms. The van der Waals surface area contributed by atoms with Crippen molar-refractivity contribution in [1.29, 1.82) is 0 Å². The maximum Gasteiger partial charge on any atom is -0.0348 e. The first kappa shape index (κ1) is 10.2. The summed E-state index contributed by atoms with van der Waals surface area (Å²) in [5, 5.41) is 0. The lowest BCUT2D eigenvalue weighted by molar-refractivity contribution is 1.09. The van der Waals surface area contributed by atoms with E-state index >= 15 is 0 Å². The first-order valence-corrected chi connectivity index (χ1v) is 4.07. The fourth-order valence-corrected chi connectivity index (χ4v) is 0.921. The molecular formula is C11H18. The van der Waals surface area contributed by atoms with E-state index in [0.717, 1.165) is 12.0 Å². The van der Waals surface area contributed by atoms with Gasteiger partial charge in [-0.25, -0.2) is 0 Å². The zero-order chi connectivity index (χ0) is 8.85. The lowest BCUT2D eigenvalue weighted by Gasteiger charge is -1.96. The van der Waals surface area contributed by atoms with Crippen LogP contribution in [-0.4, -0.2) is 0 Å². The predicted molar refractivity (Wildman–Crippen MR) is 52.6 cm³/mol. The molecule has 0 nitrogen and oxygen atoms in total. The number of rotatable bonds is 3. The van der Waals surface area contributed by atoms with Crippen LogP contribution in [0.5, 0.6) is 0 Å². The molecule has 0 heteroatoms. The molecule has 0 amide bonds. The van der Waals surface area contributed by atoms with Gasteiger partial charge in [0, 0.05) is 0 Å². The van der Waals surface area contributed by atoms with Crippen molar-refractivity contribution in [2.24, 2.45) is 0 Å². The summed E-state index contributed by atoms with van der Waals surface area (Å²) in [6.45, 7) is 12.3. The van der Waals surface area contributed by atoms with Crippen LogP contribution in [-0.2, 0) is 0 Å².